The second-order valence-corrected chi connectivity index (χ2v) is 19.3. The quantitative estimate of drug-likeness (QED) is 0.137. The van der Waals surface area contributed by atoms with E-state index in [0.29, 0.717) is 22.9 Å². The summed E-state index contributed by atoms with van der Waals surface area (Å²) in [6.07, 6.45) is 1.87. The molecular weight excluding hydrogens is 841 g/mol. The van der Waals surface area contributed by atoms with E-state index < -0.39 is 60.4 Å². The Morgan fingerprint density at radius 2 is 1.16 bits per heavy atom. The smallest absolute Gasteiger partial charge is 0.137 e. The SMILES string of the molecule is [2H]c1c([2H])c([2H])c(-c2cccc(-c3c([2H])c([2H])c([2H])c([2H])c3[2H])c2N2CN(c3cc(Oc4ccc5c6ccccc6n(-c6cc(C(C)(C)C)ccn6)c5c4)cc(-c4c(C(C)C)cccc4C(C)C)c3)c3ccccc32)c([2H])c1[2H]. The molecule has 5 heteroatoms. The van der Waals surface area contributed by atoms with E-state index in [0.717, 1.165) is 55.7 Å². The number of fused-ring (bicyclic) bond motifs is 4. The Hall–Kier alpha value is -7.89. The van der Waals surface area contributed by atoms with Crippen LogP contribution >= 0.6 is 0 Å². The van der Waals surface area contributed by atoms with E-state index in [4.69, 9.17) is 17.9 Å². The number of para-hydroxylation sites is 4. The lowest BCUT2D eigenvalue weighted by Gasteiger charge is -2.28. The Bertz CT molecular complexity index is 3950. The zero-order valence-corrected chi connectivity index (χ0v) is 39.8. The number of rotatable bonds is 10. The van der Waals surface area contributed by atoms with Crippen molar-refractivity contribution in [1.82, 2.24) is 9.55 Å². The van der Waals surface area contributed by atoms with Gasteiger partial charge in [-0.3, -0.25) is 4.57 Å². The molecule has 0 unspecified atom stereocenters. The van der Waals surface area contributed by atoms with Crippen LogP contribution in [-0.2, 0) is 5.41 Å². The van der Waals surface area contributed by atoms with Gasteiger partial charge < -0.3 is 14.5 Å². The third-order valence-electron chi connectivity index (χ3n) is 13.2. The Balaban J connectivity index is 1.14. The molecular formula is C64H58N4O. The van der Waals surface area contributed by atoms with Gasteiger partial charge in [-0.15, -0.1) is 0 Å². The predicted molar refractivity (Wildman–Crippen MR) is 290 cm³/mol. The average molecular weight is 909 g/mol. The number of aromatic nitrogens is 2. The van der Waals surface area contributed by atoms with Crippen LogP contribution in [-0.4, -0.2) is 16.2 Å². The van der Waals surface area contributed by atoms with Gasteiger partial charge in [-0.2, -0.15) is 0 Å². The number of anilines is 4. The maximum absolute atomic E-state index is 9.21. The molecule has 0 radical (unpaired) electrons. The molecule has 0 aliphatic carbocycles. The summed E-state index contributed by atoms with van der Waals surface area (Å²) in [7, 11) is 0. The van der Waals surface area contributed by atoms with E-state index >= 15 is 0 Å². The number of nitrogens with zero attached hydrogens (tertiary/aromatic N) is 4. The predicted octanol–water partition coefficient (Wildman–Crippen LogP) is 17.8. The molecule has 10 aromatic rings. The maximum atomic E-state index is 9.21. The van der Waals surface area contributed by atoms with Crippen molar-refractivity contribution in [3.63, 3.8) is 0 Å². The van der Waals surface area contributed by atoms with Crippen LogP contribution in [0.2, 0.25) is 0 Å². The lowest BCUT2D eigenvalue weighted by Crippen LogP contribution is -2.25. The first-order valence-corrected chi connectivity index (χ1v) is 23.5. The lowest BCUT2D eigenvalue weighted by atomic mass is 9.85. The maximum Gasteiger partial charge on any atom is 0.137 e. The molecule has 0 saturated heterocycles. The standard InChI is InChI=1S/C64H58N4O/c1-42(2)51-25-18-26-52(43(3)4)62(51)46-36-48(39-50(37-46)69-49-32-33-56-55-24-14-15-29-57(55)68(60(56)40-49)61-38-47(34-35-65-61)64(5,6)7)66-41-67(59-31-17-16-30-58(59)66)63-53(44-20-10-8-11-21-44)27-19-28-54(63)45-22-12-9-13-23-45/h8-40,42-43H,41H2,1-7H3/i8D,9D,10D,11D,12D,13D,20D,21D,22D,23D. The van der Waals surface area contributed by atoms with E-state index in [9.17, 15) is 5.48 Å². The van der Waals surface area contributed by atoms with Crippen LogP contribution in [0.5, 0.6) is 11.5 Å². The normalized spacial score (nSPS) is 14.7. The van der Waals surface area contributed by atoms with Crippen molar-refractivity contribution in [3.8, 4) is 50.7 Å². The Morgan fingerprint density at radius 1 is 0.551 bits per heavy atom. The number of ether oxygens (including phenoxy) is 1. The second-order valence-electron chi connectivity index (χ2n) is 19.3. The molecule has 0 amide bonds. The summed E-state index contributed by atoms with van der Waals surface area (Å²) in [5.74, 6) is 2.29. The van der Waals surface area contributed by atoms with Gasteiger partial charge in [0.1, 0.15) is 24.0 Å². The van der Waals surface area contributed by atoms with Gasteiger partial charge in [-0.25, -0.2) is 4.98 Å². The topological polar surface area (TPSA) is 33.5 Å². The largest absolute Gasteiger partial charge is 0.457 e. The minimum atomic E-state index is -0.553. The molecule has 0 atom stereocenters. The molecule has 0 spiro atoms. The zero-order valence-electron chi connectivity index (χ0n) is 49.8. The fourth-order valence-corrected chi connectivity index (χ4v) is 9.86. The third-order valence-corrected chi connectivity index (χ3v) is 13.2. The highest BCUT2D eigenvalue weighted by Gasteiger charge is 2.32. The van der Waals surface area contributed by atoms with Gasteiger partial charge in [-0.1, -0.05) is 176 Å². The van der Waals surface area contributed by atoms with Gasteiger partial charge in [0, 0.05) is 45.9 Å². The first-order chi connectivity index (χ1) is 37.7. The van der Waals surface area contributed by atoms with Crippen molar-refractivity contribution in [1.29, 1.82) is 0 Å². The van der Waals surface area contributed by atoms with Gasteiger partial charge in [0.05, 0.1) is 41.8 Å². The molecule has 0 N–H and O–H groups in total. The van der Waals surface area contributed by atoms with E-state index in [2.05, 4.69) is 125 Å². The van der Waals surface area contributed by atoms with Crippen LogP contribution in [0.1, 0.15) is 90.7 Å². The molecule has 0 fully saturated rings. The molecule has 340 valence electrons. The third kappa shape index (κ3) is 8.02. The monoisotopic (exact) mass is 909 g/mol. The summed E-state index contributed by atoms with van der Waals surface area (Å²) in [4.78, 5) is 8.97. The number of hydrogen-bond acceptors (Lipinski definition) is 4. The number of benzene rings is 8. The van der Waals surface area contributed by atoms with Crippen molar-refractivity contribution in [2.24, 2.45) is 0 Å². The summed E-state index contributed by atoms with van der Waals surface area (Å²) >= 11 is 0. The first-order valence-electron chi connectivity index (χ1n) is 28.5. The van der Waals surface area contributed by atoms with Crippen molar-refractivity contribution in [2.45, 2.75) is 65.7 Å². The molecule has 69 heavy (non-hydrogen) atoms. The number of hydrogen-bond donors (Lipinski definition) is 0. The highest BCUT2D eigenvalue weighted by molar-refractivity contribution is 6.09. The van der Waals surface area contributed by atoms with E-state index in [-0.39, 0.29) is 46.2 Å². The van der Waals surface area contributed by atoms with Crippen LogP contribution in [0, 0.1) is 0 Å². The highest BCUT2D eigenvalue weighted by atomic mass is 16.5. The molecule has 8 aromatic carbocycles. The van der Waals surface area contributed by atoms with Crippen molar-refractivity contribution >= 4 is 44.6 Å². The number of pyridine rings is 1. The minimum Gasteiger partial charge on any atom is -0.457 e. The Kier molecular flexibility index (Phi) is 8.58. The van der Waals surface area contributed by atoms with E-state index in [1.807, 2.05) is 59.6 Å². The van der Waals surface area contributed by atoms with E-state index in [1.54, 1.807) is 18.2 Å². The van der Waals surface area contributed by atoms with Crippen LogP contribution in [0.3, 0.4) is 0 Å². The van der Waals surface area contributed by atoms with Crippen LogP contribution in [0.15, 0.2) is 200 Å². The average Bonchev–Trinajstić information content (AvgIpc) is 4.16. The van der Waals surface area contributed by atoms with Crippen LogP contribution < -0.4 is 14.5 Å². The van der Waals surface area contributed by atoms with E-state index in [1.165, 1.54) is 11.1 Å². The van der Waals surface area contributed by atoms with Crippen molar-refractivity contribution in [3.05, 3.63) is 217 Å². The molecule has 0 bridgehead atoms. The van der Waals surface area contributed by atoms with Gasteiger partial charge >= 0.3 is 0 Å². The summed E-state index contributed by atoms with van der Waals surface area (Å²) in [5.41, 5.74) is 10.1. The van der Waals surface area contributed by atoms with Gasteiger partial charge in [0.25, 0.3) is 0 Å². The zero-order chi connectivity index (χ0) is 56.1. The van der Waals surface area contributed by atoms with Gasteiger partial charge in [0.2, 0.25) is 0 Å². The van der Waals surface area contributed by atoms with Crippen molar-refractivity contribution in [2.75, 3.05) is 16.5 Å². The summed E-state index contributed by atoms with van der Waals surface area (Å²) in [5, 5.41) is 2.14. The molecule has 2 aromatic heterocycles. The van der Waals surface area contributed by atoms with Crippen LogP contribution in [0.25, 0.3) is 61.0 Å². The molecule has 3 heterocycles. The lowest BCUT2D eigenvalue weighted by molar-refractivity contribution is 0.483. The second kappa shape index (κ2) is 17.6. The minimum absolute atomic E-state index is 0.0825. The molecule has 0 saturated carbocycles. The van der Waals surface area contributed by atoms with Crippen molar-refractivity contribution < 1.29 is 18.4 Å². The molecule has 1 aliphatic rings. The first kappa shape index (κ1) is 33.6. The Morgan fingerprint density at radius 3 is 1.81 bits per heavy atom. The van der Waals surface area contributed by atoms with Crippen LogP contribution in [0.4, 0.5) is 22.7 Å². The summed E-state index contributed by atoms with van der Waals surface area (Å²) < 4.78 is 98.0. The molecule has 1 aliphatic heterocycles. The summed E-state index contributed by atoms with van der Waals surface area (Å²) in [6, 6.07) is 39.1. The Labute approximate surface area is 421 Å². The highest BCUT2D eigenvalue weighted by Crippen LogP contribution is 2.51. The fourth-order valence-electron chi connectivity index (χ4n) is 9.86. The van der Waals surface area contributed by atoms with Gasteiger partial charge in [-0.05, 0) is 111 Å². The summed E-state index contributed by atoms with van der Waals surface area (Å²) in [6.45, 7) is 15.4. The fraction of sp³-hybridized carbons (Fsp3) is 0.172. The van der Waals surface area contributed by atoms with Gasteiger partial charge in [0.15, 0.2) is 0 Å². The molecule has 11 rings (SSSR count). The molecule has 5 nitrogen and oxygen atoms in total.